The molecule has 0 saturated carbocycles. The summed E-state index contributed by atoms with van der Waals surface area (Å²) in [5.41, 5.74) is 0. The molecule has 38 valence electrons. The minimum absolute atomic E-state index is 0.780. The van der Waals surface area contributed by atoms with Crippen LogP contribution in [0.15, 0.2) is 12.3 Å². The highest BCUT2D eigenvalue weighted by Gasteiger charge is 1.86. The number of aromatic nitrogens is 2. The van der Waals surface area contributed by atoms with E-state index in [1.807, 2.05) is 22.6 Å². The van der Waals surface area contributed by atoms with Crippen molar-refractivity contribution >= 4 is 22.6 Å². The predicted octanol–water partition coefficient (Wildman–Crippen LogP) is 0.725. The van der Waals surface area contributed by atoms with Gasteiger partial charge in [-0.3, -0.25) is 0 Å². The molecule has 1 aromatic heterocycles. The fourth-order valence-electron chi connectivity index (χ4n) is 0.293. The van der Waals surface area contributed by atoms with Crippen molar-refractivity contribution in [2.75, 3.05) is 0 Å². The molecule has 7 heavy (non-hydrogen) atoms. The molecule has 4 heteroatoms. The summed E-state index contributed by atoms with van der Waals surface area (Å²) in [6.07, 6.45) is 1.47. The third kappa shape index (κ3) is 1.05. The number of nitrogens with zero attached hydrogens (tertiary/aromatic N) is 2. The zero-order chi connectivity index (χ0) is 5.28. The van der Waals surface area contributed by atoms with Gasteiger partial charge in [0, 0.05) is 0 Å². The molecule has 1 rings (SSSR count). The van der Waals surface area contributed by atoms with Crippen LogP contribution in [0.3, 0.4) is 0 Å². The summed E-state index contributed by atoms with van der Waals surface area (Å²) in [4.78, 5) is 0.780. The lowest BCUT2D eigenvalue weighted by Gasteiger charge is -1.78. The second-order valence-electron chi connectivity index (χ2n) is 1.06. The lowest BCUT2D eigenvalue weighted by Crippen LogP contribution is -1.88. The molecule has 0 atom stereocenters. The average Bonchev–Trinajstić information content (AvgIpc) is 1.87. The van der Waals surface area contributed by atoms with Crippen molar-refractivity contribution < 1.29 is 5.21 Å². The van der Waals surface area contributed by atoms with Gasteiger partial charge in [-0.1, -0.05) is 0 Å². The standard InChI is InChI=1S/C3H3IN2O/c4-3-1-2-6(7)5-3/h1-2,7H. The van der Waals surface area contributed by atoms with Crippen LogP contribution in [-0.2, 0) is 0 Å². The molecule has 1 N–H and O–H groups in total. The molecule has 1 heterocycles. The van der Waals surface area contributed by atoms with Crippen LogP contribution < -0.4 is 0 Å². The fourth-order valence-corrected chi connectivity index (χ4v) is 0.675. The molecule has 0 amide bonds. The van der Waals surface area contributed by atoms with Crippen LogP contribution in [0, 0.1) is 3.70 Å². The van der Waals surface area contributed by atoms with Crippen LogP contribution in [0.2, 0.25) is 0 Å². The number of rotatable bonds is 0. The molecular formula is C3H3IN2O. The van der Waals surface area contributed by atoms with Crippen molar-refractivity contribution in [3.63, 3.8) is 0 Å². The summed E-state index contributed by atoms with van der Waals surface area (Å²) < 4.78 is 0.792. The SMILES string of the molecule is On1ccc(I)n1. The van der Waals surface area contributed by atoms with Gasteiger partial charge in [-0.2, -0.15) is 0 Å². The molecule has 0 bridgehead atoms. The molecule has 0 aliphatic carbocycles. The molecular weight excluding hydrogens is 207 g/mol. The molecule has 3 nitrogen and oxygen atoms in total. The van der Waals surface area contributed by atoms with E-state index >= 15 is 0 Å². The van der Waals surface area contributed by atoms with Crippen molar-refractivity contribution in [1.82, 2.24) is 9.94 Å². The van der Waals surface area contributed by atoms with Crippen LogP contribution in [0.4, 0.5) is 0 Å². The molecule has 0 saturated heterocycles. The Kier molecular flexibility index (Phi) is 1.18. The Labute approximate surface area is 54.0 Å². The first kappa shape index (κ1) is 4.89. The van der Waals surface area contributed by atoms with Gasteiger partial charge in [-0.05, 0) is 28.7 Å². The van der Waals surface area contributed by atoms with Crippen LogP contribution in [0.25, 0.3) is 0 Å². The maximum absolute atomic E-state index is 8.45. The quantitative estimate of drug-likeness (QED) is 0.506. The summed E-state index contributed by atoms with van der Waals surface area (Å²) >= 11 is 2.01. The van der Waals surface area contributed by atoms with E-state index in [0.29, 0.717) is 0 Å². The van der Waals surface area contributed by atoms with E-state index < -0.39 is 0 Å². The third-order valence-corrected chi connectivity index (χ3v) is 1.12. The van der Waals surface area contributed by atoms with Gasteiger partial charge in [-0.15, -0.1) is 9.94 Å². The summed E-state index contributed by atoms with van der Waals surface area (Å²) in [6, 6.07) is 1.71. The summed E-state index contributed by atoms with van der Waals surface area (Å²) in [6.45, 7) is 0. The fraction of sp³-hybridized carbons (Fsp3) is 0. The Morgan fingerprint density at radius 1 is 1.86 bits per heavy atom. The molecule has 1 aromatic rings. The van der Waals surface area contributed by atoms with Gasteiger partial charge in [0.2, 0.25) is 0 Å². The molecule has 0 aliphatic rings. The van der Waals surface area contributed by atoms with Crippen molar-refractivity contribution in [3.05, 3.63) is 16.0 Å². The summed E-state index contributed by atoms with van der Waals surface area (Å²) in [5, 5.41) is 12.0. The van der Waals surface area contributed by atoms with E-state index in [0.717, 1.165) is 8.55 Å². The maximum Gasteiger partial charge on any atom is 0.126 e. The third-order valence-electron chi connectivity index (χ3n) is 0.543. The van der Waals surface area contributed by atoms with Crippen LogP contribution >= 0.6 is 22.6 Å². The first-order valence-corrected chi connectivity index (χ1v) is 2.77. The largest absolute Gasteiger partial charge is 0.412 e. The second-order valence-corrected chi connectivity index (χ2v) is 2.16. The zero-order valence-corrected chi connectivity index (χ0v) is 5.53. The van der Waals surface area contributed by atoms with Crippen LogP contribution in [0.5, 0.6) is 0 Å². The molecule has 0 radical (unpaired) electrons. The molecule has 0 aromatic carbocycles. The van der Waals surface area contributed by atoms with Gasteiger partial charge >= 0.3 is 0 Å². The van der Waals surface area contributed by atoms with E-state index in [9.17, 15) is 0 Å². The van der Waals surface area contributed by atoms with E-state index in [-0.39, 0.29) is 0 Å². The Balaban J connectivity index is 3.04. The maximum atomic E-state index is 8.45. The topological polar surface area (TPSA) is 38.0 Å². The van der Waals surface area contributed by atoms with E-state index in [1.165, 1.54) is 6.20 Å². The van der Waals surface area contributed by atoms with Gasteiger partial charge in [0.15, 0.2) is 0 Å². The number of halogens is 1. The predicted molar refractivity (Wildman–Crippen MR) is 32.1 cm³/mol. The average molecular weight is 210 g/mol. The summed E-state index contributed by atoms with van der Waals surface area (Å²) in [7, 11) is 0. The lowest BCUT2D eigenvalue weighted by molar-refractivity contribution is 0.148. The van der Waals surface area contributed by atoms with E-state index in [1.54, 1.807) is 6.07 Å². The van der Waals surface area contributed by atoms with Crippen molar-refractivity contribution in [2.45, 2.75) is 0 Å². The number of hydrogen-bond acceptors (Lipinski definition) is 2. The van der Waals surface area contributed by atoms with Gasteiger partial charge in [0.25, 0.3) is 0 Å². The van der Waals surface area contributed by atoms with Gasteiger partial charge in [0.05, 0.1) is 6.20 Å². The van der Waals surface area contributed by atoms with Gasteiger partial charge in [0.1, 0.15) is 3.70 Å². The first-order chi connectivity index (χ1) is 3.29. The minimum Gasteiger partial charge on any atom is -0.412 e. The van der Waals surface area contributed by atoms with Crippen LogP contribution in [-0.4, -0.2) is 15.2 Å². The highest BCUT2D eigenvalue weighted by atomic mass is 127. The Morgan fingerprint density at radius 3 is 2.71 bits per heavy atom. The summed E-state index contributed by atoms with van der Waals surface area (Å²) in [5.74, 6) is 0. The monoisotopic (exact) mass is 210 g/mol. The van der Waals surface area contributed by atoms with E-state index in [4.69, 9.17) is 5.21 Å². The van der Waals surface area contributed by atoms with Gasteiger partial charge < -0.3 is 5.21 Å². The molecule has 0 unspecified atom stereocenters. The molecule has 0 spiro atoms. The normalized spacial score (nSPS) is 9.29. The van der Waals surface area contributed by atoms with Crippen molar-refractivity contribution in [1.29, 1.82) is 0 Å². The first-order valence-electron chi connectivity index (χ1n) is 1.69. The Bertz CT molecular complexity index is 145. The zero-order valence-electron chi connectivity index (χ0n) is 3.37. The molecule has 0 aliphatic heterocycles. The van der Waals surface area contributed by atoms with Gasteiger partial charge in [-0.25, -0.2) is 0 Å². The highest BCUT2D eigenvalue weighted by Crippen LogP contribution is 1.95. The van der Waals surface area contributed by atoms with Crippen molar-refractivity contribution in [3.8, 4) is 0 Å². The highest BCUT2D eigenvalue weighted by molar-refractivity contribution is 14.1. The minimum atomic E-state index is 0.780. The Hall–Kier alpha value is -0.260. The smallest absolute Gasteiger partial charge is 0.126 e. The number of hydrogen-bond donors (Lipinski definition) is 1. The lowest BCUT2D eigenvalue weighted by atomic mass is 10.8. The molecule has 0 fully saturated rings. The second kappa shape index (κ2) is 1.69. The van der Waals surface area contributed by atoms with Crippen LogP contribution in [0.1, 0.15) is 0 Å². The van der Waals surface area contributed by atoms with Crippen molar-refractivity contribution in [2.24, 2.45) is 0 Å². The Morgan fingerprint density at radius 2 is 2.57 bits per heavy atom. The van der Waals surface area contributed by atoms with E-state index in [2.05, 4.69) is 5.10 Å².